The summed E-state index contributed by atoms with van der Waals surface area (Å²) in [6, 6.07) is 11.0. The van der Waals surface area contributed by atoms with Crippen LogP contribution < -0.4 is 4.74 Å². The van der Waals surface area contributed by atoms with Crippen molar-refractivity contribution in [2.45, 2.75) is 13.3 Å². The Hall–Kier alpha value is -1.68. The lowest BCUT2D eigenvalue weighted by molar-refractivity contribution is 0.103. The highest BCUT2D eigenvalue weighted by atomic mass is 79.9. The summed E-state index contributed by atoms with van der Waals surface area (Å²) in [6.45, 7) is 2.63. The maximum atomic E-state index is 13.6. The SMILES string of the molecule is CCCOc1ccc(C(=O)c2ccccc2F)cc1Br. The monoisotopic (exact) mass is 336 g/mol. The molecule has 0 spiro atoms. The first kappa shape index (κ1) is 14.7. The van der Waals surface area contributed by atoms with Gasteiger partial charge in [0.25, 0.3) is 0 Å². The first-order valence-electron chi connectivity index (χ1n) is 6.35. The van der Waals surface area contributed by atoms with E-state index in [9.17, 15) is 9.18 Å². The van der Waals surface area contributed by atoms with Crippen molar-refractivity contribution in [2.75, 3.05) is 6.61 Å². The summed E-state index contributed by atoms with van der Waals surface area (Å²) in [4.78, 5) is 12.2. The van der Waals surface area contributed by atoms with E-state index in [2.05, 4.69) is 15.9 Å². The molecule has 2 nitrogen and oxygen atoms in total. The van der Waals surface area contributed by atoms with Crippen LogP contribution in [0.3, 0.4) is 0 Å². The number of hydrogen-bond acceptors (Lipinski definition) is 2. The zero-order valence-corrected chi connectivity index (χ0v) is 12.6. The molecule has 0 atom stereocenters. The normalized spacial score (nSPS) is 10.3. The average molecular weight is 337 g/mol. The number of ether oxygens (including phenoxy) is 1. The Kier molecular flexibility index (Phi) is 4.90. The predicted molar refractivity (Wildman–Crippen MR) is 79.8 cm³/mol. The molecule has 0 fully saturated rings. The highest BCUT2D eigenvalue weighted by molar-refractivity contribution is 9.10. The van der Waals surface area contributed by atoms with Gasteiger partial charge in [0.2, 0.25) is 0 Å². The molecule has 2 aromatic carbocycles. The molecule has 0 bridgehead atoms. The maximum absolute atomic E-state index is 13.6. The van der Waals surface area contributed by atoms with E-state index in [1.807, 2.05) is 6.92 Å². The highest BCUT2D eigenvalue weighted by Crippen LogP contribution is 2.27. The summed E-state index contributed by atoms with van der Waals surface area (Å²) < 4.78 is 19.8. The predicted octanol–water partition coefficient (Wildman–Crippen LogP) is 4.61. The van der Waals surface area contributed by atoms with Gasteiger partial charge >= 0.3 is 0 Å². The molecule has 104 valence electrons. The minimum Gasteiger partial charge on any atom is -0.492 e. The molecule has 0 saturated carbocycles. The second-order valence-corrected chi connectivity index (χ2v) is 5.16. The van der Waals surface area contributed by atoms with Crippen LogP contribution in [0.4, 0.5) is 4.39 Å². The average Bonchev–Trinajstić information content (AvgIpc) is 2.46. The lowest BCUT2D eigenvalue weighted by Gasteiger charge is -2.09. The first-order chi connectivity index (χ1) is 9.63. The number of halogens is 2. The van der Waals surface area contributed by atoms with Crippen LogP contribution in [0.1, 0.15) is 29.3 Å². The third-order valence-electron chi connectivity index (χ3n) is 2.77. The van der Waals surface area contributed by atoms with Gasteiger partial charge < -0.3 is 4.74 Å². The first-order valence-corrected chi connectivity index (χ1v) is 7.14. The number of carbonyl (C=O) groups is 1. The zero-order chi connectivity index (χ0) is 14.5. The van der Waals surface area contributed by atoms with E-state index in [0.29, 0.717) is 22.4 Å². The fourth-order valence-corrected chi connectivity index (χ4v) is 2.27. The van der Waals surface area contributed by atoms with Gasteiger partial charge in [-0.15, -0.1) is 0 Å². The van der Waals surface area contributed by atoms with Gasteiger partial charge in [-0.1, -0.05) is 19.1 Å². The van der Waals surface area contributed by atoms with Crippen LogP contribution in [0.5, 0.6) is 5.75 Å². The van der Waals surface area contributed by atoms with Crippen LogP contribution in [0, 0.1) is 5.82 Å². The summed E-state index contributed by atoms with van der Waals surface area (Å²) in [5, 5.41) is 0. The lowest BCUT2D eigenvalue weighted by atomic mass is 10.0. The van der Waals surface area contributed by atoms with E-state index in [4.69, 9.17) is 4.74 Å². The maximum Gasteiger partial charge on any atom is 0.196 e. The largest absolute Gasteiger partial charge is 0.492 e. The fourth-order valence-electron chi connectivity index (χ4n) is 1.77. The summed E-state index contributed by atoms with van der Waals surface area (Å²) in [5.41, 5.74) is 0.493. The topological polar surface area (TPSA) is 26.3 Å². The van der Waals surface area contributed by atoms with E-state index in [1.165, 1.54) is 12.1 Å². The lowest BCUT2D eigenvalue weighted by Crippen LogP contribution is -2.04. The molecule has 2 aromatic rings. The molecule has 0 unspecified atom stereocenters. The number of benzene rings is 2. The second kappa shape index (κ2) is 6.66. The molecule has 20 heavy (non-hydrogen) atoms. The van der Waals surface area contributed by atoms with E-state index in [0.717, 1.165) is 6.42 Å². The van der Waals surface area contributed by atoms with E-state index in [1.54, 1.807) is 30.3 Å². The van der Waals surface area contributed by atoms with Gasteiger partial charge in [-0.2, -0.15) is 0 Å². The number of hydrogen-bond donors (Lipinski definition) is 0. The van der Waals surface area contributed by atoms with Crippen molar-refractivity contribution >= 4 is 21.7 Å². The van der Waals surface area contributed by atoms with Crippen LogP contribution in [0.15, 0.2) is 46.9 Å². The zero-order valence-electron chi connectivity index (χ0n) is 11.0. The van der Waals surface area contributed by atoms with Crippen molar-refractivity contribution in [1.29, 1.82) is 0 Å². The third kappa shape index (κ3) is 3.25. The summed E-state index contributed by atoms with van der Waals surface area (Å²) in [7, 11) is 0. The number of ketones is 1. The molecule has 0 aliphatic carbocycles. The van der Waals surface area contributed by atoms with Gasteiger partial charge in [-0.05, 0) is 52.7 Å². The Morgan fingerprint density at radius 2 is 2.00 bits per heavy atom. The van der Waals surface area contributed by atoms with Crippen LogP contribution in [-0.2, 0) is 0 Å². The summed E-state index contributed by atoms with van der Waals surface area (Å²) >= 11 is 3.37. The molecule has 0 heterocycles. The molecule has 2 rings (SSSR count). The van der Waals surface area contributed by atoms with Crippen LogP contribution >= 0.6 is 15.9 Å². The third-order valence-corrected chi connectivity index (χ3v) is 3.39. The summed E-state index contributed by atoms with van der Waals surface area (Å²) in [5.74, 6) is -0.178. The van der Waals surface area contributed by atoms with Crippen molar-refractivity contribution in [2.24, 2.45) is 0 Å². The minimum atomic E-state index is -0.514. The molecule has 0 aliphatic heterocycles. The van der Waals surface area contributed by atoms with Crippen molar-refractivity contribution in [3.8, 4) is 5.75 Å². The van der Waals surface area contributed by atoms with E-state index in [-0.39, 0.29) is 11.3 Å². The molecule has 0 amide bonds. The van der Waals surface area contributed by atoms with Gasteiger partial charge in [0.15, 0.2) is 5.78 Å². The molecular formula is C16H14BrFO2. The molecule has 4 heteroatoms. The quantitative estimate of drug-likeness (QED) is 0.745. The van der Waals surface area contributed by atoms with Crippen LogP contribution in [0.2, 0.25) is 0 Å². The molecule has 0 aliphatic rings. The molecule has 0 aromatic heterocycles. The minimum absolute atomic E-state index is 0.0710. The van der Waals surface area contributed by atoms with Crippen LogP contribution in [-0.4, -0.2) is 12.4 Å². The van der Waals surface area contributed by atoms with E-state index >= 15 is 0 Å². The smallest absolute Gasteiger partial charge is 0.196 e. The Bertz CT molecular complexity index is 626. The number of carbonyl (C=O) groups excluding carboxylic acids is 1. The molecule has 0 N–H and O–H groups in total. The molecule has 0 saturated heterocycles. The molecule has 0 radical (unpaired) electrons. The Balaban J connectivity index is 2.28. The van der Waals surface area contributed by atoms with Gasteiger partial charge in [0.1, 0.15) is 11.6 Å². The van der Waals surface area contributed by atoms with Crippen molar-refractivity contribution < 1.29 is 13.9 Å². The van der Waals surface area contributed by atoms with Crippen molar-refractivity contribution in [3.05, 3.63) is 63.9 Å². The summed E-state index contributed by atoms with van der Waals surface area (Å²) in [6.07, 6.45) is 0.905. The standard InChI is InChI=1S/C16H14BrFO2/c1-2-9-20-15-8-7-11(10-13(15)17)16(19)12-5-3-4-6-14(12)18/h3-8,10H,2,9H2,1H3. The highest BCUT2D eigenvalue weighted by Gasteiger charge is 2.14. The van der Waals surface area contributed by atoms with Crippen molar-refractivity contribution in [1.82, 2.24) is 0 Å². The Morgan fingerprint density at radius 3 is 2.65 bits per heavy atom. The number of rotatable bonds is 5. The second-order valence-electron chi connectivity index (χ2n) is 4.30. The van der Waals surface area contributed by atoms with E-state index < -0.39 is 5.82 Å². The van der Waals surface area contributed by atoms with Crippen LogP contribution in [0.25, 0.3) is 0 Å². The fraction of sp³-hybridized carbons (Fsp3) is 0.188. The Morgan fingerprint density at radius 1 is 1.25 bits per heavy atom. The van der Waals surface area contributed by atoms with Crippen molar-refractivity contribution in [3.63, 3.8) is 0 Å². The van der Waals surface area contributed by atoms with Gasteiger partial charge in [0, 0.05) is 5.56 Å². The van der Waals surface area contributed by atoms with Gasteiger partial charge in [0.05, 0.1) is 16.6 Å². The van der Waals surface area contributed by atoms with Gasteiger partial charge in [-0.25, -0.2) is 4.39 Å². The molecular weight excluding hydrogens is 323 g/mol. The Labute approximate surface area is 125 Å². The van der Waals surface area contributed by atoms with Gasteiger partial charge in [-0.3, -0.25) is 4.79 Å².